The Hall–Kier alpha value is -0.845. The van der Waals surface area contributed by atoms with E-state index in [1.807, 2.05) is 0 Å². The summed E-state index contributed by atoms with van der Waals surface area (Å²) in [7, 11) is -1.50. The molecule has 0 saturated carbocycles. The summed E-state index contributed by atoms with van der Waals surface area (Å²) in [5, 5.41) is 17.6. The van der Waals surface area contributed by atoms with E-state index in [4.69, 9.17) is 10.0 Å². The highest BCUT2D eigenvalue weighted by atomic mass is 32.1. The molecule has 0 radical (unpaired) electrons. The van der Waals surface area contributed by atoms with Gasteiger partial charge in [0.15, 0.2) is 5.06 Å². The number of ether oxygens (including phenoxy) is 1. The molecular formula is C5H5BO4S. The van der Waals surface area contributed by atoms with E-state index in [0.717, 1.165) is 11.3 Å². The highest BCUT2D eigenvalue weighted by Crippen LogP contribution is 2.15. The van der Waals surface area contributed by atoms with Crippen molar-refractivity contribution >= 4 is 29.7 Å². The summed E-state index contributed by atoms with van der Waals surface area (Å²) in [6.45, 7) is 0.291. The minimum Gasteiger partial charge on any atom is -0.423 e. The second-order valence-electron chi connectivity index (χ2n) is 1.74. The lowest BCUT2D eigenvalue weighted by molar-refractivity contribution is -0.120. The van der Waals surface area contributed by atoms with Gasteiger partial charge in [0.05, 0.1) is 0 Å². The molecule has 0 aromatic carbocycles. The van der Waals surface area contributed by atoms with Crippen molar-refractivity contribution in [3.05, 3.63) is 12.1 Å². The average molecular weight is 172 g/mol. The van der Waals surface area contributed by atoms with Gasteiger partial charge in [-0.1, -0.05) is 0 Å². The first-order valence-electron chi connectivity index (χ1n) is 2.80. The number of hydrogen-bond donors (Lipinski definition) is 2. The van der Waals surface area contributed by atoms with E-state index in [1.165, 1.54) is 12.1 Å². The van der Waals surface area contributed by atoms with Gasteiger partial charge in [0.25, 0.3) is 6.47 Å². The largest absolute Gasteiger partial charge is 0.499 e. The summed E-state index contributed by atoms with van der Waals surface area (Å²) in [6, 6.07) is 2.97. The molecule has 1 rings (SSSR count). The number of carbonyl (C=O) groups excluding carboxylic acids is 1. The quantitative estimate of drug-likeness (QED) is 0.451. The topological polar surface area (TPSA) is 66.8 Å². The van der Waals surface area contributed by atoms with Crippen molar-refractivity contribution in [1.29, 1.82) is 0 Å². The van der Waals surface area contributed by atoms with E-state index in [1.54, 1.807) is 0 Å². The standard InChI is InChI=1S/C5H5BO4S/c7-3-10-5-2-1-4(11-5)6(8)9/h1-3,8-9H. The van der Waals surface area contributed by atoms with E-state index in [0.29, 0.717) is 16.3 Å². The maximum Gasteiger partial charge on any atom is 0.499 e. The van der Waals surface area contributed by atoms with Gasteiger partial charge in [0, 0.05) is 4.78 Å². The first-order valence-corrected chi connectivity index (χ1v) is 3.62. The van der Waals surface area contributed by atoms with Crippen molar-refractivity contribution in [2.75, 3.05) is 0 Å². The van der Waals surface area contributed by atoms with Gasteiger partial charge in [-0.25, -0.2) is 0 Å². The minimum atomic E-state index is -1.50. The van der Waals surface area contributed by atoms with Crippen LogP contribution in [-0.4, -0.2) is 23.6 Å². The molecule has 0 fully saturated rings. The summed E-state index contributed by atoms with van der Waals surface area (Å²) < 4.78 is 4.80. The average Bonchev–Trinajstić information content (AvgIpc) is 2.37. The Kier molecular flexibility index (Phi) is 2.64. The Bertz CT molecular complexity index is 246. The molecule has 6 heteroatoms. The van der Waals surface area contributed by atoms with Crippen molar-refractivity contribution in [3.63, 3.8) is 0 Å². The SMILES string of the molecule is O=COc1ccc(B(O)O)s1. The van der Waals surface area contributed by atoms with Crippen LogP contribution in [0.2, 0.25) is 0 Å². The molecule has 0 amide bonds. The van der Waals surface area contributed by atoms with E-state index >= 15 is 0 Å². The van der Waals surface area contributed by atoms with E-state index < -0.39 is 7.12 Å². The summed E-state index contributed by atoms with van der Waals surface area (Å²) >= 11 is 1.01. The Labute approximate surface area is 67.2 Å². The van der Waals surface area contributed by atoms with Gasteiger partial charge in [-0.2, -0.15) is 0 Å². The normalized spacial score (nSPS) is 9.27. The van der Waals surface area contributed by atoms with Crippen LogP contribution in [0.1, 0.15) is 0 Å². The van der Waals surface area contributed by atoms with Gasteiger partial charge >= 0.3 is 7.12 Å². The van der Waals surface area contributed by atoms with Crippen LogP contribution in [0.3, 0.4) is 0 Å². The lowest BCUT2D eigenvalue weighted by Crippen LogP contribution is -2.26. The van der Waals surface area contributed by atoms with Gasteiger partial charge in [-0.05, 0) is 12.1 Å². The first-order chi connectivity index (χ1) is 5.24. The van der Waals surface area contributed by atoms with Crippen LogP contribution in [0.5, 0.6) is 5.06 Å². The fraction of sp³-hybridized carbons (Fsp3) is 0. The lowest BCUT2D eigenvalue weighted by atomic mass is 9.90. The molecule has 58 valence electrons. The third-order valence-electron chi connectivity index (χ3n) is 1.02. The first kappa shape index (κ1) is 8.25. The fourth-order valence-electron chi connectivity index (χ4n) is 0.584. The predicted octanol–water partition coefficient (Wildman–Crippen LogP) is -1.04. The lowest BCUT2D eigenvalue weighted by Gasteiger charge is -1.89. The molecule has 0 bridgehead atoms. The molecular weight excluding hydrogens is 167 g/mol. The Morgan fingerprint density at radius 2 is 2.27 bits per heavy atom. The fourth-order valence-corrected chi connectivity index (χ4v) is 1.28. The van der Waals surface area contributed by atoms with Crippen molar-refractivity contribution in [3.8, 4) is 5.06 Å². The second-order valence-corrected chi connectivity index (χ2v) is 2.82. The Morgan fingerprint density at radius 3 is 2.73 bits per heavy atom. The monoisotopic (exact) mass is 172 g/mol. The van der Waals surface area contributed by atoms with Crippen molar-refractivity contribution in [1.82, 2.24) is 0 Å². The Balaban J connectivity index is 2.73. The summed E-state index contributed by atoms with van der Waals surface area (Å²) in [6.07, 6.45) is 0. The van der Waals surface area contributed by atoms with Crippen molar-refractivity contribution < 1.29 is 19.6 Å². The van der Waals surface area contributed by atoms with Crippen LogP contribution >= 0.6 is 11.3 Å². The Morgan fingerprint density at radius 1 is 1.55 bits per heavy atom. The number of rotatable bonds is 3. The molecule has 1 aromatic heterocycles. The third-order valence-corrected chi connectivity index (χ3v) is 2.04. The van der Waals surface area contributed by atoms with Gasteiger partial charge in [0.1, 0.15) is 0 Å². The van der Waals surface area contributed by atoms with Crippen molar-refractivity contribution in [2.24, 2.45) is 0 Å². The molecule has 0 aliphatic rings. The summed E-state index contributed by atoms with van der Waals surface area (Å²) in [5.74, 6) is 0. The number of hydrogen-bond acceptors (Lipinski definition) is 5. The molecule has 0 saturated heterocycles. The maximum atomic E-state index is 9.81. The third kappa shape index (κ3) is 2.04. The molecule has 0 spiro atoms. The van der Waals surface area contributed by atoms with E-state index in [2.05, 4.69) is 4.74 Å². The van der Waals surface area contributed by atoms with Crippen LogP contribution in [0.25, 0.3) is 0 Å². The molecule has 0 unspecified atom stereocenters. The van der Waals surface area contributed by atoms with Crippen LogP contribution in [0, 0.1) is 0 Å². The second kappa shape index (κ2) is 3.52. The number of carbonyl (C=O) groups is 1. The van der Waals surface area contributed by atoms with Gasteiger partial charge in [-0.3, -0.25) is 4.79 Å². The maximum absolute atomic E-state index is 9.81. The van der Waals surface area contributed by atoms with Gasteiger partial charge in [-0.15, -0.1) is 11.3 Å². The van der Waals surface area contributed by atoms with Crippen LogP contribution in [0.15, 0.2) is 12.1 Å². The van der Waals surface area contributed by atoms with Gasteiger partial charge < -0.3 is 14.8 Å². The molecule has 1 aromatic rings. The molecule has 0 aliphatic heterocycles. The van der Waals surface area contributed by atoms with E-state index in [9.17, 15) is 4.79 Å². The minimum absolute atomic E-state index is 0.291. The predicted molar refractivity (Wildman–Crippen MR) is 40.8 cm³/mol. The molecule has 0 aliphatic carbocycles. The summed E-state index contributed by atoms with van der Waals surface area (Å²) in [5.41, 5.74) is 0. The van der Waals surface area contributed by atoms with Crippen molar-refractivity contribution in [2.45, 2.75) is 0 Å². The molecule has 1 heterocycles. The van der Waals surface area contributed by atoms with Crippen LogP contribution in [-0.2, 0) is 4.79 Å². The van der Waals surface area contributed by atoms with Crippen LogP contribution < -0.4 is 9.51 Å². The zero-order valence-electron chi connectivity index (χ0n) is 5.43. The summed E-state index contributed by atoms with van der Waals surface area (Å²) in [4.78, 5) is 9.81. The van der Waals surface area contributed by atoms with Crippen LogP contribution in [0.4, 0.5) is 0 Å². The zero-order valence-corrected chi connectivity index (χ0v) is 6.25. The molecule has 11 heavy (non-hydrogen) atoms. The molecule has 0 atom stereocenters. The van der Waals surface area contributed by atoms with E-state index in [-0.39, 0.29) is 0 Å². The molecule has 4 nitrogen and oxygen atoms in total. The number of thiophene rings is 1. The highest BCUT2D eigenvalue weighted by molar-refractivity contribution is 7.23. The molecule has 2 N–H and O–H groups in total. The van der Waals surface area contributed by atoms with Gasteiger partial charge in [0.2, 0.25) is 0 Å². The smallest absolute Gasteiger partial charge is 0.423 e. The zero-order chi connectivity index (χ0) is 8.27. The highest BCUT2D eigenvalue weighted by Gasteiger charge is 2.13.